The minimum atomic E-state index is -0.529. The van der Waals surface area contributed by atoms with Crippen LogP contribution in [0.5, 0.6) is 0 Å². The van der Waals surface area contributed by atoms with Crippen LogP contribution in [0.2, 0.25) is 0 Å². The molecule has 12 aromatic rings. The molecule has 14 rings (SSSR count). The standard InChI is InChI=1S/C67H43NO/c1-2-16-44(17-3-1)45-32-38-48(39-33-45)68(50-42-36-47(37-43-50)52-25-14-26-58-57-22-9-13-31-64(57)69-66(52)58)49-40-34-46(35-41-49)51-24-15-30-63-65(51)59-23-8-12-29-62(59)67(63)60-27-10-6-20-55(60)53-18-4-5-19-54(53)56-21-7-11-28-61(56)67/h1-43H. The summed E-state index contributed by atoms with van der Waals surface area (Å²) in [5, 5.41) is 2.26. The van der Waals surface area contributed by atoms with Crippen molar-refractivity contribution in [1.82, 2.24) is 0 Å². The van der Waals surface area contributed by atoms with Gasteiger partial charge in [0, 0.05) is 33.4 Å². The molecule has 2 heteroatoms. The molecule has 0 atom stereocenters. The fraction of sp³-hybridized carbons (Fsp3) is 0.0149. The summed E-state index contributed by atoms with van der Waals surface area (Å²) in [4.78, 5) is 2.36. The lowest BCUT2D eigenvalue weighted by Gasteiger charge is -2.35. The lowest BCUT2D eigenvalue weighted by molar-refractivity contribution is 0.670. The van der Waals surface area contributed by atoms with Crippen LogP contribution in [0.15, 0.2) is 265 Å². The van der Waals surface area contributed by atoms with E-state index >= 15 is 0 Å². The van der Waals surface area contributed by atoms with E-state index in [1.54, 1.807) is 0 Å². The van der Waals surface area contributed by atoms with Crippen LogP contribution in [0, 0.1) is 0 Å². The molecule has 2 nitrogen and oxygen atoms in total. The lowest BCUT2D eigenvalue weighted by atomic mass is 9.66. The Balaban J connectivity index is 0.907. The summed E-state index contributed by atoms with van der Waals surface area (Å²) in [7, 11) is 0. The maximum atomic E-state index is 6.47. The molecule has 0 saturated heterocycles. The SMILES string of the molecule is c1ccc(-c2ccc(N(c3ccc(-c4cccc5c4-c4ccccc4C54c5ccccc5-c5ccccc5-c5ccccc54)cc3)c3ccc(-c4cccc5c4oc4ccccc45)cc3)cc2)cc1. The van der Waals surface area contributed by atoms with E-state index in [2.05, 4.69) is 254 Å². The predicted molar refractivity (Wildman–Crippen MR) is 286 cm³/mol. The van der Waals surface area contributed by atoms with Crippen LogP contribution in [0.3, 0.4) is 0 Å². The van der Waals surface area contributed by atoms with E-state index in [-0.39, 0.29) is 0 Å². The van der Waals surface area contributed by atoms with Crippen LogP contribution in [0.4, 0.5) is 17.1 Å². The first kappa shape index (κ1) is 39.2. The van der Waals surface area contributed by atoms with Gasteiger partial charge in [-0.15, -0.1) is 0 Å². The van der Waals surface area contributed by atoms with Gasteiger partial charge in [0.25, 0.3) is 0 Å². The molecule has 0 fully saturated rings. The first-order valence-corrected chi connectivity index (χ1v) is 23.8. The van der Waals surface area contributed by atoms with E-state index in [0.717, 1.165) is 50.1 Å². The van der Waals surface area contributed by atoms with Crippen molar-refractivity contribution in [3.05, 3.63) is 283 Å². The monoisotopic (exact) mass is 877 g/mol. The van der Waals surface area contributed by atoms with Crippen LogP contribution in [-0.4, -0.2) is 0 Å². The summed E-state index contributed by atoms with van der Waals surface area (Å²) >= 11 is 0. The molecular formula is C67H43NO. The first-order chi connectivity index (χ1) is 34.2. The number of hydrogen-bond acceptors (Lipinski definition) is 2. The van der Waals surface area contributed by atoms with Crippen molar-refractivity contribution in [2.24, 2.45) is 0 Å². The topological polar surface area (TPSA) is 16.4 Å². The van der Waals surface area contributed by atoms with Crippen molar-refractivity contribution >= 4 is 39.0 Å². The highest BCUT2D eigenvalue weighted by atomic mass is 16.3. The van der Waals surface area contributed by atoms with E-state index in [1.807, 2.05) is 12.1 Å². The van der Waals surface area contributed by atoms with Gasteiger partial charge in [-0.05, 0) is 126 Å². The Hall–Kier alpha value is -8.98. The maximum absolute atomic E-state index is 6.47. The zero-order valence-corrected chi connectivity index (χ0v) is 37.7. The van der Waals surface area contributed by atoms with Gasteiger partial charge in [-0.2, -0.15) is 0 Å². The summed E-state index contributed by atoms with van der Waals surface area (Å²) in [5.41, 5.74) is 24.4. The van der Waals surface area contributed by atoms with Crippen molar-refractivity contribution < 1.29 is 4.42 Å². The van der Waals surface area contributed by atoms with Gasteiger partial charge in [0.2, 0.25) is 0 Å². The Morgan fingerprint density at radius 2 is 0.667 bits per heavy atom. The first-order valence-electron chi connectivity index (χ1n) is 23.8. The third kappa shape index (κ3) is 5.92. The highest BCUT2D eigenvalue weighted by molar-refractivity contribution is 6.09. The Morgan fingerprint density at radius 1 is 0.261 bits per heavy atom. The van der Waals surface area contributed by atoms with Crippen molar-refractivity contribution in [3.63, 3.8) is 0 Å². The molecule has 0 radical (unpaired) electrons. The van der Waals surface area contributed by atoms with Crippen molar-refractivity contribution in [1.29, 1.82) is 0 Å². The summed E-state index contributed by atoms with van der Waals surface area (Å²) < 4.78 is 6.47. The molecule has 1 aromatic heterocycles. The summed E-state index contributed by atoms with van der Waals surface area (Å²) in [6, 6.07) is 95.6. The van der Waals surface area contributed by atoms with Crippen molar-refractivity contribution in [2.75, 3.05) is 4.90 Å². The van der Waals surface area contributed by atoms with Gasteiger partial charge in [0.15, 0.2) is 0 Å². The third-order valence-corrected chi connectivity index (χ3v) is 14.7. The number of rotatable bonds is 6. The maximum Gasteiger partial charge on any atom is 0.143 e. The van der Waals surface area contributed by atoms with Gasteiger partial charge in [-0.1, -0.05) is 218 Å². The summed E-state index contributed by atoms with van der Waals surface area (Å²) in [6.45, 7) is 0. The Morgan fingerprint density at radius 3 is 1.29 bits per heavy atom. The smallest absolute Gasteiger partial charge is 0.143 e. The van der Waals surface area contributed by atoms with Crippen molar-refractivity contribution in [2.45, 2.75) is 5.41 Å². The summed E-state index contributed by atoms with van der Waals surface area (Å²) in [6.07, 6.45) is 0. The Labute approximate surface area is 401 Å². The molecule has 1 heterocycles. The van der Waals surface area contributed by atoms with Crippen LogP contribution >= 0.6 is 0 Å². The van der Waals surface area contributed by atoms with E-state index in [0.29, 0.717) is 0 Å². The average molecular weight is 878 g/mol. The predicted octanol–water partition coefficient (Wildman–Crippen LogP) is 18.1. The Bertz CT molecular complexity index is 3870. The second-order valence-corrected chi connectivity index (χ2v) is 18.3. The summed E-state index contributed by atoms with van der Waals surface area (Å²) in [5.74, 6) is 0. The van der Waals surface area contributed by atoms with Gasteiger partial charge >= 0.3 is 0 Å². The fourth-order valence-corrected chi connectivity index (χ4v) is 11.8. The zero-order valence-electron chi connectivity index (χ0n) is 37.7. The lowest BCUT2D eigenvalue weighted by Crippen LogP contribution is -2.29. The number of benzene rings is 11. The number of anilines is 3. The normalized spacial score (nSPS) is 12.8. The number of hydrogen-bond donors (Lipinski definition) is 0. The molecule has 0 aliphatic heterocycles. The van der Waals surface area contributed by atoms with Crippen LogP contribution < -0.4 is 4.90 Å². The fourth-order valence-electron chi connectivity index (χ4n) is 11.8. The highest BCUT2D eigenvalue weighted by Gasteiger charge is 2.50. The highest BCUT2D eigenvalue weighted by Crippen LogP contribution is 2.62. The Kier molecular flexibility index (Phi) is 8.84. The van der Waals surface area contributed by atoms with E-state index in [1.165, 1.54) is 77.9 Å². The third-order valence-electron chi connectivity index (χ3n) is 14.7. The van der Waals surface area contributed by atoms with Gasteiger partial charge in [0.05, 0.1) is 5.41 Å². The number of para-hydroxylation sites is 2. The van der Waals surface area contributed by atoms with E-state index in [9.17, 15) is 0 Å². The quantitative estimate of drug-likeness (QED) is 0.165. The van der Waals surface area contributed by atoms with Gasteiger partial charge in [-0.25, -0.2) is 0 Å². The molecule has 11 aromatic carbocycles. The second-order valence-electron chi connectivity index (χ2n) is 18.3. The molecule has 2 aliphatic carbocycles. The average Bonchev–Trinajstić information content (AvgIpc) is 3.93. The molecule has 2 aliphatic rings. The molecule has 0 N–H and O–H groups in total. The van der Waals surface area contributed by atoms with Gasteiger partial charge in [-0.3, -0.25) is 0 Å². The van der Waals surface area contributed by atoms with Crippen LogP contribution in [-0.2, 0) is 5.41 Å². The molecule has 1 spiro atoms. The second kappa shape index (κ2) is 15.6. The van der Waals surface area contributed by atoms with E-state index in [4.69, 9.17) is 4.42 Å². The molecule has 0 unspecified atom stereocenters. The van der Waals surface area contributed by atoms with Crippen LogP contribution in [0.25, 0.3) is 88.7 Å². The number of nitrogens with zero attached hydrogens (tertiary/aromatic N) is 1. The number of fused-ring (bicyclic) bond motifs is 15. The molecule has 0 amide bonds. The van der Waals surface area contributed by atoms with Gasteiger partial charge < -0.3 is 9.32 Å². The minimum Gasteiger partial charge on any atom is -0.455 e. The van der Waals surface area contributed by atoms with Crippen molar-refractivity contribution in [3.8, 4) is 66.8 Å². The molecular weight excluding hydrogens is 835 g/mol. The van der Waals surface area contributed by atoms with Crippen LogP contribution in [0.1, 0.15) is 22.3 Å². The van der Waals surface area contributed by atoms with Gasteiger partial charge in [0.1, 0.15) is 11.2 Å². The van der Waals surface area contributed by atoms with E-state index < -0.39 is 5.41 Å². The molecule has 322 valence electrons. The number of furan rings is 1. The molecule has 0 bridgehead atoms. The minimum absolute atomic E-state index is 0.529. The largest absolute Gasteiger partial charge is 0.455 e. The zero-order chi connectivity index (χ0) is 45.5. The molecule has 0 saturated carbocycles. The molecule has 69 heavy (non-hydrogen) atoms.